The summed E-state index contributed by atoms with van der Waals surface area (Å²) in [6, 6.07) is 11.9. The number of rotatable bonds is 7. The molecule has 0 saturated carbocycles. The predicted molar refractivity (Wildman–Crippen MR) is 164 cm³/mol. The fraction of sp³-hybridized carbons (Fsp3) is 0.303. The van der Waals surface area contributed by atoms with Crippen LogP contribution in [0.2, 0.25) is 5.02 Å². The minimum atomic E-state index is -1.06. The van der Waals surface area contributed by atoms with Crippen molar-refractivity contribution in [1.29, 1.82) is 0 Å². The average Bonchev–Trinajstić information content (AvgIpc) is 3.75. The Bertz CT molecular complexity index is 1930. The minimum Gasteiger partial charge on any atom is -0.480 e. The molecule has 3 aliphatic rings. The average molecular weight is 651 g/mol. The van der Waals surface area contributed by atoms with E-state index in [-0.39, 0.29) is 65.3 Å². The molecule has 0 radical (unpaired) electrons. The van der Waals surface area contributed by atoms with Gasteiger partial charge in [-0.2, -0.15) is 5.10 Å². The largest absolute Gasteiger partial charge is 0.480 e. The number of hydrogen-bond donors (Lipinski definition) is 2. The monoisotopic (exact) mass is 650 g/mol. The van der Waals surface area contributed by atoms with Crippen LogP contribution in [0.3, 0.4) is 0 Å². The van der Waals surface area contributed by atoms with E-state index >= 15 is 8.78 Å². The van der Waals surface area contributed by atoms with Gasteiger partial charge in [-0.1, -0.05) is 41.9 Å². The molecule has 3 aromatic carbocycles. The van der Waals surface area contributed by atoms with Crippen LogP contribution in [0, 0.1) is 11.6 Å². The first kappa shape index (κ1) is 30.2. The number of benzene rings is 3. The number of hydrogen-bond acceptors (Lipinski definition) is 8. The van der Waals surface area contributed by atoms with Gasteiger partial charge in [0.2, 0.25) is 11.5 Å². The molecule has 46 heavy (non-hydrogen) atoms. The number of carbonyl (C=O) groups is 1. The van der Waals surface area contributed by atoms with E-state index in [2.05, 4.69) is 15.7 Å². The zero-order valence-corrected chi connectivity index (χ0v) is 25.7. The molecular weight excluding hydrogens is 622 g/mol. The number of ether oxygens (including phenoxy) is 4. The smallest absolute Gasteiger partial charge is 0.313 e. The first-order chi connectivity index (χ1) is 22.3. The summed E-state index contributed by atoms with van der Waals surface area (Å²) < 4.78 is 57.1. The first-order valence-electron chi connectivity index (χ1n) is 14.8. The molecule has 1 saturated heterocycles. The Morgan fingerprint density at radius 1 is 1.15 bits per heavy atom. The molecule has 0 aliphatic carbocycles. The lowest BCUT2D eigenvalue weighted by molar-refractivity contribution is 0.0539. The molecular formula is C33H29ClF2N4O6. The van der Waals surface area contributed by atoms with Crippen molar-refractivity contribution in [2.24, 2.45) is 0 Å². The Labute approximate surface area is 267 Å². The van der Waals surface area contributed by atoms with Crippen molar-refractivity contribution in [2.75, 3.05) is 27.3 Å². The lowest BCUT2D eigenvalue weighted by Gasteiger charge is -2.35. The van der Waals surface area contributed by atoms with Crippen LogP contribution in [0.5, 0.6) is 28.7 Å². The molecule has 238 valence electrons. The van der Waals surface area contributed by atoms with Crippen LogP contribution in [-0.2, 0) is 23.3 Å². The second-order valence-corrected chi connectivity index (χ2v) is 11.7. The van der Waals surface area contributed by atoms with Crippen LogP contribution in [0.4, 0.5) is 8.78 Å². The van der Waals surface area contributed by atoms with Crippen LogP contribution in [-0.4, -0.2) is 49.0 Å². The van der Waals surface area contributed by atoms with Crippen LogP contribution in [0.15, 0.2) is 53.5 Å². The second kappa shape index (κ2) is 11.7. The van der Waals surface area contributed by atoms with Gasteiger partial charge in [0.15, 0.2) is 22.9 Å². The van der Waals surface area contributed by atoms with Gasteiger partial charge >= 0.3 is 5.56 Å². The SMILES string of the molecule is CNC(=O)c1cc2c(c(F)c1-c1c(Cl)c(F)cc3c1C[C@](c1ccccc1)([C@@H]1CCCN1)O3)Oc1c(cnn(CCOC)c1=O)O2. The summed E-state index contributed by atoms with van der Waals surface area (Å²) in [5.41, 5.74) is -0.889. The van der Waals surface area contributed by atoms with E-state index in [0.717, 1.165) is 29.6 Å². The topological polar surface area (TPSA) is 113 Å². The molecule has 4 heterocycles. The molecule has 3 aliphatic heterocycles. The van der Waals surface area contributed by atoms with Crippen LogP contribution in [0.25, 0.3) is 11.1 Å². The van der Waals surface area contributed by atoms with E-state index in [0.29, 0.717) is 5.56 Å². The van der Waals surface area contributed by atoms with Gasteiger partial charge in [-0.25, -0.2) is 13.5 Å². The summed E-state index contributed by atoms with van der Waals surface area (Å²) >= 11 is 6.67. The summed E-state index contributed by atoms with van der Waals surface area (Å²) in [7, 11) is 2.86. The van der Waals surface area contributed by atoms with Crippen molar-refractivity contribution in [3.63, 3.8) is 0 Å². The number of nitrogens with one attached hydrogen (secondary N) is 2. The summed E-state index contributed by atoms with van der Waals surface area (Å²) in [6.45, 7) is 1.10. The number of methoxy groups -OCH3 is 1. The Hall–Kier alpha value is -4.52. The lowest BCUT2D eigenvalue weighted by Crippen LogP contribution is -2.48. The van der Waals surface area contributed by atoms with Crippen molar-refractivity contribution < 1.29 is 32.5 Å². The van der Waals surface area contributed by atoms with Gasteiger partial charge in [-0.05, 0) is 31.0 Å². The van der Waals surface area contributed by atoms with E-state index < -0.39 is 39.5 Å². The molecule has 13 heteroatoms. The van der Waals surface area contributed by atoms with E-state index in [1.54, 1.807) is 0 Å². The van der Waals surface area contributed by atoms with E-state index in [1.807, 2.05) is 30.3 Å². The van der Waals surface area contributed by atoms with Gasteiger partial charge in [0, 0.05) is 43.3 Å². The van der Waals surface area contributed by atoms with Gasteiger partial charge < -0.3 is 29.6 Å². The highest BCUT2D eigenvalue weighted by Crippen LogP contribution is 2.55. The predicted octanol–water partition coefficient (Wildman–Crippen LogP) is 5.33. The maximum atomic E-state index is 17.0. The Morgan fingerprint density at radius 2 is 1.96 bits per heavy atom. The normalized spacial score (nSPS) is 19.4. The third kappa shape index (κ3) is 4.70. The van der Waals surface area contributed by atoms with Crippen LogP contribution >= 0.6 is 11.6 Å². The first-order valence-corrected chi connectivity index (χ1v) is 15.2. The van der Waals surface area contributed by atoms with Crippen molar-refractivity contribution in [3.8, 4) is 39.9 Å². The maximum Gasteiger partial charge on any atom is 0.313 e. The van der Waals surface area contributed by atoms with Gasteiger partial charge in [-0.15, -0.1) is 0 Å². The van der Waals surface area contributed by atoms with Crippen LogP contribution in [0.1, 0.15) is 34.3 Å². The summed E-state index contributed by atoms with van der Waals surface area (Å²) in [6.07, 6.45) is 3.18. The van der Waals surface area contributed by atoms with Crippen molar-refractivity contribution in [1.82, 2.24) is 20.4 Å². The van der Waals surface area contributed by atoms with Gasteiger partial charge in [0.25, 0.3) is 5.91 Å². The van der Waals surface area contributed by atoms with E-state index in [9.17, 15) is 9.59 Å². The summed E-state index contributed by atoms with van der Waals surface area (Å²) in [5, 5.41) is 9.70. The molecule has 1 aromatic heterocycles. The Kier molecular flexibility index (Phi) is 7.66. The van der Waals surface area contributed by atoms with Crippen molar-refractivity contribution in [2.45, 2.75) is 37.5 Å². The number of carbonyl (C=O) groups excluding carboxylic acids is 1. The number of fused-ring (bicyclic) bond motifs is 3. The lowest BCUT2D eigenvalue weighted by atomic mass is 9.80. The second-order valence-electron chi connectivity index (χ2n) is 11.3. The highest BCUT2D eigenvalue weighted by molar-refractivity contribution is 6.34. The fourth-order valence-corrected chi connectivity index (χ4v) is 6.80. The van der Waals surface area contributed by atoms with Gasteiger partial charge in [0.05, 0.1) is 36.0 Å². The highest BCUT2D eigenvalue weighted by Gasteiger charge is 2.50. The fourth-order valence-electron chi connectivity index (χ4n) is 6.54. The third-order valence-corrected chi connectivity index (χ3v) is 9.08. The number of nitrogens with zero attached hydrogens (tertiary/aromatic N) is 2. The molecule has 2 N–H and O–H groups in total. The highest BCUT2D eigenvalue weighted by atomic mass is 35.5. The molecule has 1 fully saturated rings. The van der Waals surface area contributed by atoms with Crippen LogP contribution < -0.4 is 30.4 Å². The zero-order chi connectivity index (χ0) is 32.2. The zero-order valence-electron chi connectivity index (χ0n) is 24.9. The third-order valence-electron chi connectivity index (χ3n) is 8.71. The molecule has 7 rings (SSSR count). The number of aromatic nitrogens is 2. The molecule has 0 unspecified atom stereocenters. The van der Waals surface area contributed by atoms with E-state index in [1.165, 1.54) is 32.5 Å². The minimum absolute atomic E-state index is 0.0481. The van der Waals surface area contributed by atoms with Crippen molar-refractivity contribution >= 4 is 17.5 Å². The maximum absolute atomic E-state index is 17.0. The molecule has 2 atom stereocenters. The summed E-state index contributed by atoms with van der Waals surface area (Å²) in [4.78, 5) is 26.5. The quantitative estimate of drug-likeness (QED) is 0.243. The van der Waals surface area contributed by atoms with E-state index in [4.69, 9.17) is 30.5 Å². The number of amides is 1. The Balaban J connectivity index is 1.42. The number of halogens is 3. The van der Waals surface area contributed by atoms with Gasteiger partial charge in [-0.3, -0.25) is 9.59 Å². The molecule has 0 spiro atoms. The summed E-state index contributed by atoms with van der Waals surface area (Å²) in [5.74, 6) is -3.40. The Morgan fingerprint density at radius 3 is 2.67 bits per heavy atom. The molecule has 10 nitrogen and oxygen atoms in total. The molecule has 4 aromatic rings. The van der Waals surface area contributed by atoms with Crippen molar-refractivity contribution in [3.05, 3.63) is 92.4 Å². The molecule has 0 bridgehead atoms. The standard InChI is InChI=1S/C33H29ClF2N4O6/c1-37-31(41)18-13-22-29(45-30-23(44-22)16-39-40(32(30)42)11-12-43-2)28(36)26(18)25-19-15-33(24-9-6-10-38-24,17-7-4-3-5-8-17)46-21(19)14-20(35)27(25)34/h3-5,7-8,13-14,16,24,38H,6,9-12,15H2,1-2H3,(H,37,41)/t24-,33-/m0/s1. The van der Waals surface area contributed by atoms with Gasteiger partial charge in [0.1, 0.15) is 11.6 Å². The molecule has 1 amide bonds.